The van der Waals surface area contributed by atoms with Crippen molar-refractivity contribution in [1.82, 2.24) is 15.0 Å². The Bertz CT molecular complexity index is 922. The number of nitrogens with two attached hydrogens (primary N) is 2. The van der Waals surface area contributed by atoms with Gasteiger partial charge in [-0.25, -0.2) is 4.98 Å². The summed E-state index contributed by atoms with van der Waals surface area (Å²) < 4.78 is 0. The fraction of sp³-hybridized carbons (Fsp3) is 0. The van der Waals surface area contributed by atoms with Crippen LogP contribution in [0.2, 0.25) is 0 Å². The van der Waals surface area contributed by atoms with Crippen LogP contribution in [0.1, 0.15) is 0 Å². The second kappa shape index (κ2) is 5.72. The van der Waals surface area contributed by atoms with Crippen molar-refractivity contribution in [3.63, 3.8) is 0 Å². The van der Waals surface area contributed by atoms with Crippen LogP contribution >= 0.6 is 0 Å². The van der Waals surface area contributed by atoms with Crippen molar-refractivity contribution in [1.29, 1.82) is 0 Å². The van der Waals surface area contributed by atoms with Crippen LogP contribution in [-0.2, 0) is 4.79 Å². The van der Waals surface area contributed by atoms with Crippen molar-refractivity contribution in [2.45, 2.75) is 0 Å². The van der Waals surface area contributed by atoms with E-state index in [4.69, 9.17) is 11.5 Å². The van der Waals surface area contributed by atoms with E-state index in [1.54, 1.807) is 12.4 Å². The summed E-state index contributed by atoms with van der Waals surface area (Å²) in [4.78, 5) is 23.6. The summed E-state index contributed by atoms with van der Waals surface area (Å²) in [6.45, 7) is 3.42. The number of benzene rings is 1. The van der Waals surface area contributed by atoms with Gasteiger partial charge in [-0.1, -0.05) is 12.6 Å². The highest BCUT2D eigenvalue weighted by molar-refractivity contribution is 5.99. The first-order chi connectivity index (χ1) is 11.1. The second-order valence-electron chi connectivity index (χ2n) is 4.85. The van der Waals surface area contributed by atoms with Gasteiger partial charge in [0.25, 0.3) is 0 Å². The molecule has 1 amide bonds. The standard InChI is InChI=1S/C16H14N6O/c1-2-14(23)20-11-5-10(7-19-8-11)9-3-4-12-13(6-9)21-16(18)22-15(12)17/h2-8H,1H2,(H,20,23)(H4,17,18,21,22). The molecule has 0 spiro atoms. The van der Waals surface area contributed by atoms with E-state index in [0.717, 1.165) is 16.5 Å². The van der Waals surface area contributed by atoms with Crippen molar-refractivity contribution >= 4 is 34.3 Å². The molecule has 0 aliphatic carbocycles. The molecule has 0 unspecified atom stereocenters. The molecule has 2 heterocycles. The lowest BCUT2D eigenvalue weighted by atomic mass is 10.1. The number of nitrogens with one attached hydrogen (secondary N) is 1. The van der Waals surface area contributed by atoms with Gasteiger partial charge >= 0.3 is 0 Å². The number of rotatable bonds is 3. The van der Waals surface area contributed by atoms with Gasteiger partial charge in [0.05, 0.1) is 17.4 Å². The summed E-state index contributed by atoms with van der Waals surface area (Å²) in [5.74, 6) is 0.164. The SMILES string of the molecule is C=CC(=O)Nc1cncc(-c2ccc3c(N)nc(N)nc3c2)c1. The lowest BCUT2D eigenvalue weighted by Crippen LogP contribution is -2.07. The van der Waals surface area contributed by atoms with Crippen molar-refractivity contribution < 1.29 is 4.79 Å². The number of carbonyl (C=O) groups excluding carboxylic acids is 1. The molecule has 2 aromatic heterocycles. The van der Waals surface area contributed by atoms with Gasteiger partial charge in [-0.15, -0.1) is 0 Å². The zero-order valence-electron chi connectivity index (χ0n) is 12.2. The van der Waals surface area contributed by atoms with Crippen LogP contribution in [0.4, 0.5) is 17.5 Å². The number of nitrogens with zero attached hydrogens (tertiary/aromatic N) is 3. The number of nitrogen functional groups attached to an aromatic ring is 2. The van der Waals surface area contributed by atoms with E-state index in [0.29, 0.717) is 17.0 Å². The normalized spacial score (nSPS) is 10.4. The maximum absolute atomic E-state index is 11.4. The van der Waals surface area contributed by atoms with Crippen LogP contribution in [0.3, 0.4) is 0 Å². The lowest BCUT2D eigenvalue weighted by molar-refractivity contribution is -0.111. The average Bonchev–Trinajstić information content (AvgIpc) is 2.54. The van der Waals surface area contributed by atoms with Gasteiger partial charge in [0.15, 0.2) is 0 Å². The van der Waals surface area contributed by atoms with Gasteiger partial charge in [-0.2, -0.15) is 4.98 Å². The topological polar surface area (TPSA) is 120 Å². The monoisotopic (exact) mass is 306 g/mol. The first-order valence-corrected chi connectivity index (χ1v) is 6.78. The molecule has 0 aliphatic rings. The number of carbonyl (C=O) groups is 1. The summed E-state index contributed by atoms with van der Waals surface area (Å²) in [6, 6.07) is 7.37. The van der Waals surface area contributed by atoms with E-state index in [2.05, 4.69) is 26.8 Å². The van der Waals surface area contributed by atoms with Gasteiger partial charge in [0, 0.05) is 17.1 Å². The molecule has 0 saturated carbocycles. The Hall–Kier alpha value is -3.48. The maximum Gasteiger partial charge on any atom is 0.247 e. The largest absolute Gasteiger partial charge is 0.383 e. The van der Waals surface area contributed by atoms with E-state index in [-0.39, 0.29) is 11.9 Å². The highest BCUT2D eigenvalue weighted by Gasteiger charge is 2.07. The summed E-state index contributed by atoms with van der Waals surface area (Å²) in [5, 5.41) is 3.40. The number of amides is 1. The van der Waals surface area contributed by atoms with Crippen LogP contribution in [0.5, 0.6) is 0 Å². The predicted octanol–water partition coefficient (Wildman–Crippen LogP) is 1.98. The van der Waals surface area contributed by atoms with Gasteiger partial charge < -0.3 is 16.8 Å². The molecule has 23 heavy (non-hydrogen) atoms. The Balaban J connectivity index is 2.04. The molecule has 7 nitrogen and oxygen atoms in total. The summed E-state index contributed by atoms with van der Waals surface area (Å²) in [6.07, 6.45) is 4.45. The van der Waals surface area contributed by atoms with Crippen LogP contribution in [0, 0.1) is 0 Å². The van der Waals surface area contributed by atoms with Crippen LogP contribution in [-0.4, -0.2) is 20.9 Å². The minimum atomic E-state index is -0.296. The van der Waals surface area contributed by atoms with Gasteiger partial charge in [-0.05, 0) is 29.8 Å². The Labute approximate surface area is 132 Å². The molecular formula is C16H14N6O. The third-order valence-corrected chi connectivity index (χ3v) is 3.27. The molecule has 7 heteroatoms. The quantitative estimate of drug-likeness (QED) is 0.636. The smallest absolute Gasteiger partial charge is 0.247 e. The molecular weight excluding hydrogens is 292 g/mol. The molecule has 0 saturated heterocycles. The van der Waals surface area contributed by atoms with E-state index in [1.165, 1.54) is 6.08 Å². The predicted molar refractivity (Wildman–Crippen MR) is 90.4 cm³/mol. The third kappa shape index (κ3) is 2.93. The zero-order valence-corrected chi connectivity index (χ0v) is 12.2. The molecule has 0 bridgehead atoms. The number of anilines is 3. The first-order valence-electron chi connectivity index (χ1n) is 6.78. The molecule has 5 N–H and O–H groups in total. The Morgan fingerprint density at radius 2 is 1.96 bits per heavy atom. The van der Waals surface area contributed by atoms with Crippen molar-refractivity contribution in [3.05, 3.63) is 49.3 Å². The second-order valence-corrected chi connectivity index (χ2v) is 4.85. The van der Waals surface area contributed by atoms with Gasteiger partial charge in [0.1, 0.15) is 5.82 Å². The molecule has 0 atom stereocenters. The Morgan fingerprint density at radius 1 is 1.13 bits per heavy atom. The third-order valence-electron chi connectivity index (χ3n) is 3.27. The number of hydrogen-bond donors (Lipinski definition) is 3. The lowest BCUT2D eigenvalue weighted by Gasteiger charge is -2.07. The molecule has 3 aromatic rings. The first kappa shape index (κ1) is 14.5. The fourth-order valence-corrected chi connectivity index (χ4v) is 2.21. The molecule has 114 valence electrons. The molecule has 0 aliphatic heterocycles. The van der Waals surface area contributed by atoms with Crippen molar-refractivity contribution in [2.24, 2.45) is 0 Å². The number of fused-ring (bicyclic) bond motifs is 1. The summed E-state index contributed by atoms with van der Waals surface area (Å²) in [7, 11) is 0. The maximum atomic E-state index is 11.4. The van der Waals surface area contributed by atoms with Crippen LogP contribution in [0.15, 0.2) is 49.3 Å². The van der Waals surface area contributed by atoms with E-state index in [1.807, 2.05) is 24.3 Å². The van der Waals surface area contributed by atoms with Crippen LogP contribution < -0.4 is 16.8 Å². The minimum absolute atomic E-state index is 0.122. The average molecular weight is 306 g/mol. The van der Waals surface area contributed by atoms with E-state index < -0.39 is 0 Å². The number of aromatic nitrogens is 3. The van der Waals surface area contributed by atoms with Gasteiger partial charge in [0.2, 0.25) is 11.9 Å². The van der Waals surface area contributed by atoms with E-state index in [9.17, 15) is 4.79 Å². The summed E-state index contributed by atoms with van der Waals surface area (Å²) in [5.41, 5.74) is 14.4. The Kier molecular flexibility index (Phi) is 3.60. The molecule has 0 fully saturated rings. The number of hydrogen-bond acceptors (Lipinski definition) is 6. The molecule has 3 rings (SSSR count). The summed E-state index contributed by atoms with van der Waals surface area (Å²) >= 11 is 0. The number of pyridine rings is 1. The highest BCUT2D eigenvalue weighted by Crippen LogP contribution is 2.27. The highest BCUT2D eigenvalue weighted by atomic mass is 16.1. The fourth-order valence-electron chi connectivity index (χ4n) is 2.21. The van der Waals surface area contributed by atoms with Crippen molar-refractivity contribution in [2.75, 3.05) is 16.8 Å². The van der Waals surface area contributed by atoms with Crippen molar-refractivity contribution in [3.8, 4) is 11.1 Å². The van der Waals surface area contributed by atoms with Crippen LogP contribution in [0.25, 0.3) is 22.0 Å². The van der Waals surface area contributed by atoms with Gasteiger partial charge in [-0.3, -0.25) is 9.78 Å². The Morgan fingerprint density at radius 3 is 2.74 bits per heavy atom. The molecule has 0 radical (unpaired) electrons. The van der Waals surface area contributed by atoms with E-state index >= 15 is 0 Å². The molecule has 1 aromatic carbocycles. The zero-order chi connectivity index (χ0) is 16.4. The minimum Gasteiger partial charge on any atom is -0.383 e.